The molecule has 0 aromatic carbocycles. The first-order chi connectivity index (χ1) is 11.6. The van der Waals surface area contributed by atoms with Crippen LogP contribution in [0.2, 0.25) is 0 Å². The monoisotopic (exact) mass is 327 g/mol. The first kappa shape index (κ1) is 16.6. The summed E-state index contributed by atoms with van der Waals surface area (Å²) in [6.45, 7) is 4.01. The zero-order chi connectivity index (χ0) is 16.9. The van der Waals surface area contributed by atoms with Crippen LogP contribution in [0.4, 0.5) is 11.6 Å². The Balaban J connectivity index is 1.74. The van der Waals surface area contributed by atoms with E-state index in [2.05, 4.69) is 42.8 Å². The number of nitrogens with zero attached hydrogens (tertiary/aromatic N) is 7. The van der Waals surface area contributed by atoms with Crippen LogP contribution in [0.1, 0.15) is 5.69 Å². The summed E-state index contributed by atoms with van der Waals surface area (Å²) in [5.74, 6) is 2.40. The summed E-state index contributed by atoms with van der Waals surface area (Å²) in [5, 5.41) is 0. The zero-order valence-electron chi connectivity index (χ0n) is 14.6. The number of anilines is 2. The van der Waals surface area contributed by atoms with Gasteiger partial charge in [-0.1, -0.05) is 0 Å². The summed E-state index contributed by atoms with van der Waals surface area (Å²) in [4.78, 5) is 24.2. The van der Waals surface area contributed by atoms with E-state index in [0.717, 1.165) is 49.9 Å². The lowest BCUT2D eigenvalue weighted by atomic mass is 10.0. The molecule has 2 aromatic rings. The van der Waals surface area contributed by atoms with Gasteiger partial charge in [0.15, 0.2) is 0 Å². The minimum absolute atomic E-state index is 0.490. The Kier molecular flexibility index (Phi) is 5.20. The molecule has 7 nitrogen and oxygen atoms in total. The van der Waals surface area contributed by atoms with Crippen molar-refractivity contribution in [2.24, 2.45) is 5.92 Å². The molecule has 0 aliphatic carbocycles. The molecule has 0 radical (unpaired) electrons. The molecule has 0 spiro atoms. The molecule has 1 aliphatic rings. The maximum absolute atomic E-state index is 4.47. The second-order valence-electron chi connectivity index (χ2n) is 6.60. The first-order valence-electron chi connectivity index (χ1n) is 8.29. The van der Waals surface area contributed by atoms with Crippen molar-refractivity contribution in [3.8, 4) is 0 Å². The van der Waals surface area contributed by atoms with Gasteiger partial charge in [-0.2, -0.15) is 0 Å². The van der Waals surface area contributed by atoms with Gasteiger partial charge in [-0.25, -0.2) is 15.0 Å². The molecule has 0 N–H and O–H groups in total. The van der Waals surface area contributed by atoms with E-state index < -0.39 is 0 Å². The largest absolute Gasteiger partial charge is 0.363 e. The van der Waals surface area contributed by atoms with Crippen molar-refractivity contribution in [3.63, 3.8) is 0 Å². The molecule has 3 heterocycles. The third-order valence-electron chi connectivity index (χ3n) is 4.34. The summed E-state index contributed by atoms with van der Waals surface area (Å²) in [6, 6.07) is 2.08. The van der Waals surface area contributed by atoms with Crippen LogP contribution >= 0.6 is 0 Å². The van der Waals surface area contributed by atoms with Gasteiger partial charge in [-0.15, -0.1) is 0 Å². The SMILES string of the molecule is CN1CCN(c2cnccn2)CC(Cc2cc(N(C)C)ncn2)C1. The maximum Gasteiger partial charge on any atom is 0.147 e. The van der Waals surface area contributed by atoms with Crippen LogP contribution in [-0.4, -0.2) is 72.2 Å². The molecule has 0 bridgehead atoms. The number of rotatable bonds is 4. The van der Waals surface area contributed by atoms with Gasteiger partial charge in [-0.05, 0) is 19.4 Å². The van der Waals surface area contributed by atoms with Gasteiger partial charge in [0.1, 0.15) is 18.0 Å². The summed E-state index contributed by atoms with van der Waals surface area (Å²) < 4.78 is 0. The Morgan fingerprint density at radius 2 is 2.00 bits per heavy atom. The fraction of sp³-hybridized carbons (Fsp3) is 0.529. The van der Waals surface area contributed by atoms with Crippen molar-refractivity contribution in [1.29, 1.82) is 0 Å². The van der Waals surface area contributed by atoms with Crippen molar-refractivity contribution in [1.82, 2.24) is 24.8 Å². The smallest absolute Gasteiger partial charge is 0.147 e. The average molecular weight is 327 g/mol. The van der Waals surface area contributed by atoms with Gasteiger partial charge >= 0.3 is 0 Å². The predicted molar refractivity (Wildman–Crippen MR) is 95.3 cm³/mol. The molecule has 1 aliphatic heterocycles. The van der Waals surface area contributed by atoms with Gasteiger partial charge in [-0.3, -0.25) is 4.98 Å². The highest BCUT2D eigenvalue weighted by molar-refractivity contribution is 5.37. The van der Waals surface area contributed by atoms with Crippen LogP contribution < -0.4 is 9.80 Å². The third-order valence-corrected chi connectivity index (χ3v) is 4.34. The van der Waals surface area contributed by atoms with Crippen LogP contribution in [-0.2, 0) is 6.42 Å². The zero-order valence-corrected chi connectivity index (χ0v) is 14.6. The third kappa shape index (κ3) is 4.17. The van der Waals surface area contributed by atoms with Gasteiger partial charge < -0.3 is 14.7 Å². The van der Waals surface area contributed by atoms with Crippen LogP contribution in [0.5, 0.6) is 0 Å². The average Bonchev–Trinajstić information content (AvgIpc) is 2.77. The lowest BCUT2D eigenvalue weighted by Crippen LogP contribution is -2.31. The van der Waals surface area contributed by atoms with E-state index in [1.165, 1.54) is 0 Å². The topological polar surface area (TPSA) is 61.3 Å². The molecule has 128 valence electrons. The maximum atomic E-state index is 4.47. The number of hydrogen-bond acceptors (Lipinski definition) is 7. The molecule has 2 aromatic heterocycles. The molecular weight excluding hydrogens is 302 g/mol. The van der Waals surface area contributed by atoms with Gasteiger partial charge in [0, 0.05) is 64.4 Å². The highest BCUT2D eigenvalue weighted by Crippen LogP contribution is 2.19. The van der Waals surface area contributed by atoms with E-state index in [9.17, 15) is 0 Å². The van der Waals surface area contributed by atoms with E-state index in [1.54, 1.807) is 18.7 Å². The minimum atomic E-state index is 0.490. The van der Waals surface area contributed by atoms with Crippen molar-refractivity contribution < 1.29 is 0 Å². The fourth-order valence-electron chi connectivity index (χ4n) is 3.11. The molecule has 1 fully saturated rings. The quantitative estimate of drug-likeness (QED) is 0.828. The van der Waals surface area contributed by atoms with E-state index in [0.29, 0.717) is 5.92 Å². The lowest BCUT2D eigenvalue weighted by Gasteiger charge is -2.24. The molecule has 1 atom stereocenters. The van der Waals surface area contributed by atoms with Crippen molar-refractivity contribution in [2.45, 2.75) is 6.42 Å². The Bertz CT molecular complexity index is 646. The van der Waals surface area contributed by atoms with E-state index >= 15 is 0 Å². The Morgan fingerprint density at radius 1 is 1.12 bits per heavy atom. The predicted octanol–water partition coefficient (Wildman–Crippen LogP) is 0.943. The van der Waals surface area contributed by atoms with Gasteiger partial charge in [0.25, 0.3) is 0 Å². The summed E-state index contributed by atoms with van der Waals surface area (Å²) in [5.41, 5.74) is 1.09. The molecule has 24 heavy (non-hydrogen) atoms. The Labute approximate surface area is 143 Å². The van der Waals surface area contributed by atoms with E-state index in [1.807, 2.05) is 25.2 Å². The molecule has 0 amide bonds. The lowest BCUT2D eigenvalue weighted by molar-refractivity contribution is 0.308. The molecule has 1 saturated heterocycles. The minimum Gasteiger partial charge on any atom is -0.363 e. The number of hydrogen-bond donors (Lipinski definition) is 0. The normalized spacial score (nSPS) is 19.1. The second-order valence-corrected chi connectivity index (χ2v) is 6.60. The van der Waals surface area contributed by atoms with Crippen LogP contribution in [0.25, 0.3) is 0 Å². The fourth-order valence-corrected chi connectivity index (χ4v) is 3.11. The van der Waals surface area contributed by atoms with E-state index in [-0.39, 0.29) is 0 Å². The van der Waals surface area contributed by atoms with Crippen molar-refractivity contribution >= 4 is 11.6 Å². The molecule has 1 unspecified atom stereocenters. The van der Waals surface area contributed by atoms with Crippen LogP contribution in [0.3, 0.4) is 0 Å². The standard InChI is InChI=1S/C17H25N7/c1-22(2)16-9-15(20-13-21-16)8-14-11-23(3)6-7-24(12-14)17-10-18-4-5-19-17/h4-5,9-10,13-14H,6-8,11-12H2,1-3H3. The number of likely N-dealkylation sites (N-methyl/N-ethyl adjacent to an activating group) is 1. The molecule has 0 saturated carbocycles. The van der Waals surface area contributed by atoms with E-state index in [4.69, 9.17) is 0 Å². The van der Waals surface area contributed by atoms with Crippen LogP contribution in [0, 0.1) is 5.92 Å². The summed E-state index contributed by atoms with van der Waals surface area (Å²) in [7, 11) is 6.18. The van der Waals surface area contributed by atoms with Gasteiger partial charge in [0.2, 0.25) is 0 Å². The highest BCUT2D eigenvalue weighted by Gasteiger charge is 2.23. The first-order valence-corrected chi connectivity index (χ1v) is 8.29. The molecular formula is C17H25N7. The van der Waals surface area contributed by atoms with Crippen molar-refractivity contribution in [3.05, 3.63) is 36.7 Å². The second kappa shape index (κ2) is 7.53. The molecule has 3 rings (SSSR count). The Morgan fingerprint density at radius 3 is 2.75 bits per heavy atom. The Hall–Kier alpha value is -2.28. The van der Waals surface area contributed by atoms with Crippen molar-refractivity contribution in [2.75, 3.05) is 57.1 Å². The highest BCUT2D eigenvalue weighted by atomic mass is 15.2. The van der Waals surface area contributed by atoms with Crippen LogP contribution in [0.15, 0.2) is 31.0 Å². The summed E-state index contributed by atoms with van der Waals surface area (Å²) in [6.07, 6.45) is 7.91. The van der Waals surface area contributed by atoms with Gasteiger partial charge in [0.05, 0.1) is 6.20 Å². The summed E-state index contributed by atoms with van der Waals surface area (Å²) >= 11 is 0. The molecule has 7 heteroatoms. The number of aromatic nitrogens is 4.